The zero-order valence-corrected chi connectivity index (χ0v) is 17.3. The first-order valence-electron chi connectivity index (χ1n) is 11.9. The van der Waals surface area contributed by atoms with E-state index in [-0.39, 0.29) is 23.8 Å². The molecule has 0 unspecified atom stereocenters. The summed E-state index contributed by atoms with van der Waals surface area (Å²) < 4.78 is 0. The summed E-state index contributed by atoms with van der Waals surface area (Å²) in [6.07, 6.45) is 14.0. The van der Waals surface area contributed by atoms with Crippen molar-refractivity contribution < 1.29 is 9.59 Å². The predicted molar refractivity (Wildman–Crippen MR) is 109 cm³/mol. The van der Waals surface area contributed by atoms with E-state index >= 15 is 0 Å². The lowest BCUT2D eigenvalue weighted by Gasteiger charge is -2.56. The van der Waals surface area contributed by atoms with E-state index in [0.717, 1.165) is 50.0 Å². The summed E-state index contributed by atoms with van der Waals surface area (Å²) in [7, 11) is 0. The minimum atomic E-state index is 0.102. The van der Waals surface area contributed by atoms with Gasteiger partial charge in [-0.05, 0) is 74.5 Å². The van der Waals surface area contributed by atoms with Gasteiger partial charge in [0, 0.05) is 38.6 Å². The Labute approximate surface area is 169 Å². The number of carbonyl (C=O) groups is 2. The van der Waals surface area contributed by atoms with Gasteiger partial charge < -0.3 is 10.2 Å². The third kappa shape index (κ3) is 3.83. The molecule has 6 rings (SSSR count). The van der Waals surface area contributed by atoms with Crippen LogP contribution in [0.4, 0.5) is 0 Å². The molecule has 4 bridgehead atoms. The molecule has 0 aromatic carbocycles. The largest absolute Gasteiger partial charge is 0.347 e. The Hall–Kier alpha value is -1.10. The van der Waals surface area contributed by atoms with Gasteiger partial charge in [0.25, 0.3) is 0 Å². The summed E-state index contributed by atoms with van der Waals surface area (Å²) >= 11 is 0. The Morgan fingerprint density at radius 1 is 0.857 bits per heavy atom. The number of carbonyl (C=O) groups excluding carboxylic acids is 2. The molecule has 5 saturated carbocycles. The maximum Gasteiger partial charge on any atom is 0.242 e. The van der Waals surface area contributed by atoms with Gasteiger partial charge in [0.15, 0.2) is 0 Å². The fraction of sp³-hybridized carbons (Fsp3) is 0.913. The summed E-state index contributed by atoms with van der Waals surface area (Å²) in [5.41, 5.74) is 0.259. The molecule has 1 saturated heterocycles. The van der Waals surface area contributed by atoms with Crippen LogP contribution in [-0.4, -0.2) is 60.4 Å². The second kappa shape index (κ2) is 7.62. The van der Waals surface area contributed by atoms with Gasteiger partial charge in [0.2, 0.25) is 11.8 Å². The first-order valence-corrected chi connectivity index (χ1v) is 11.9. The standard InChI is InChI=1S/C23H37N3O2/c27-21(15-23-12-17-9-18(13-23)11-19(10-17)14-23)24-16-22(28)26-7-5-25(6-8-26)20-3-1-2-4-20/h17-20H,1-16H2,(H,24,27). The van der Waals surface area contributed by atoms with Gasteiger partial charge in [-0.3, -0.25) is 14.5 Å². The van der Waals surface area contributed by atoms with Crippen LogP contribution in [0.2, 0.25) is 0 Å². The molecule has 0 radical (unpaired) electrons. The summed E-state index contributed by atoms with van der Waals surface area (Å²) in [5, 5.41) is 2.98. The van der Waals surface area contributed by atoms with Gasteiger partial charge in [-0.15, -0.1) is 0 Å². The van der Waals surface area contributed by atoms with E-state index in [1.54, 1.807) is 0 Å². The fourth-order valence-electron chi connectivity index (χ4n) is 7.80. The minimum absolute atomic E-state index is 0.102. The molecule has 0 aromatic heterocycles. The summed E-state index contributed by atoms with van der Waals surface area (Å²) in [6, 6.07) is 0.747. The molecule has 156 valence electrons. The molecule has 0 atom stereocenters. The van der Waals surface area contributed by atoms with Crippen molar-refractivity contribution in [3.05, 3.63) is 0 Å². The van der Waals surface area contributed by atoms with Gasteiger partial charge >= 0.3 is 0 Å². The Bertz CT molecular complexity index is 570. The number of nitrogens with one attached hydrogen (secondary N) is 1. The van der Waals surface area contributed by atoms with Crippen LogP contribution in [0, 0.1) is 23.2 Å². The van der Waals surface area contributed by atoms with Crippen LogP contribution in [0.5, 0.6) is 0 Å². The minimum Gasteiger partial charge on any atom is -0.347 e. The van der Waals surface area contributed by atoms with Crippen LogP contribution in [-0.2, 0) is 9.59 Å². The second-order valence-corrected chi connectivity index (χ2v) is 10.7. The third-order valence-corrected chi connectivity index (χ3v) is 8.65. The smallest absolute Gasteiger partial charge is 0.242 e. The van der Waals surface area contributed by atoms with E-state index in [1.807, 2.05) is 4.90 Å². The average molecular weight is 388 g/mol. The van der Waals surface area contributed by atoms with Crippen molar-refractivity contribution in [2.24, 2.45) is 23.2 Å². The molecular formula is C23H37N3O2. The number of nitrogens with zero attached hydrogens (tertiary/aromatic N) is 2. The molecule has 6 aliphatic rings. The lowest BCUT2D eigenvalue weighted by molar-refractivity contribution is -0.136. The van der Waals surface area contributed by atoms with Crippen LogP contribution in [0.25, 0.3) is 0 Å². The van der Waals surface area contributed by atoms with E-state index in [1.165, 1.54) is 64.2 Å². The molecule has 1 heterocycles. The maximum absolute atomic E-state index is 12.7. The van der Waals surface area contributed by atoms with Crippen molar-refractivity contribution in [1.82, 2.24) is 15.1 Å². The molecule has 1 aliphatic heterocycles. The zero-order valence-electron chi connectivity index (χ0n) is 17.3. The van der Waals surface area contributed by atoms with Crippen molar-refractivity contribution in [3.8, 4) is 0 Å². The monoisotopic (exact) mass is 387 g/mol. The first kappa shape index (κ1) is 18.9. The molecule has 5 heteroatoms. The molecule has 6 fully saturated rings. The molecular weight excluding hydrogens is 350 g/mol. The number of hydrogen-bond acceptors (Lipinski definition) is 3. The van der Waals surface area contributed by atoms with Crippen LogP contribution < -0.4 is 5.32 Å². The number of piperazine rings is 1. The quantitative estimate of drug-likeness (QED) is 0.789. The number of rotatable bonds is 5. The van der Waals surface area contributed by atoms with Crippen molar-refractivity contribution in [2.45, 2.75) is 76.7 Å². The van der Waals surface area contributed by atoms with Crippen LogP contribution in [0.1, 0.15) is 70.6 Å². The van der Waals surface area contributed by atoms with Crippen LogP contribution >= 0.6 is 0 Å². The highest BCUT2D eigenvalue weighted by Crippen LogP contribution is 2.61. The Balaban J connectivity index is 1.06. The van der Waals surface area contributed by atoms with Crippen molar-refractivity contribution in [3.63, 3.8) is 0 Å². The Morgan fingerprint density at radius 3 is 2.00 bits per heavy atom. The van der Waals surface area contributed by atoms with Crippen molar-refractivity contribution >= 4 is 11.8 Å². The van der Waals surface area contributed by atoms with Gasteiger partial charge in [-0.2, -0.15) is 0 Å². The van der Waals surface area contributed by atoms with Gasteiger partial charge in [-0.1, -0.05) is 12.8 Å². The summed E-state index contributed by atoms with van der Waals surface area (Å²) in [6.45, 7) is 3.82. The Morgan fingerprint density at radius 2 is 1.43 bits per heavy atom. The second-order valence-electron chi connectivity index (χ2n) is 10.7. The summed E-state index contributed by atoms with van der Waals surface area (Å²) in [4.78, 5) is 29.8. The van der Waals surface area contributed by atoms with Crippen molar-refractivity contribution in [2.75, 3.05) is 32.7 Å². The van der Waals surface area contributed by atoms with Gasteiger partial charge in [0.05, 0.1) is 6.54 Å². The first-order chi connectivity index (χ1) is 13.6. The lowest BCUT2D eigenvalue weighted by atomic mass is 9.49. The van der Waals surface area contributed by atoms with Crippen LogP contribution in [0.15, 0.2) is 0 Å². The van der Waals surface area contributed by atoms with E-state index in [9.17, 15) is 9.59 Å². The van der Waals surface area contributed by atoms with Crippen LogP contribution in [0.3, 0.4) is 0 Å². The molecule has 0 aromatic rings. The van der Waals surface area contributed by atoms with E-state index < -0.39 is 0 Å². The highest BCUT2D eigenvalue weighted by molar-refractivity contribution is 5.85. The van der Waals surface area contributed by atoms with Gasteiger partial charge in [0.1, 0.15) is 0 Å². The molecule has 5 aliphatic carbocycles. The van der Waals surface area contributed by atoms with E-state index in [0.29, 0.717) is 6.42 Å². The number of hydrogen-bond donors (Lipinski definition) is 1. The SMILES string of the molecule is O=C(CC12CC3CC(CC(C3)C1)C2)NCC(=O)N1CCN(C2CCCC2)CC1. The van der Waals surface area contributed by atoms with E-state index in [2.05, 4.69) is 10.2 Å². The molecule has 2 amide bonds. The molecule has 0 spiro atoms. The normalized spacial score (nSPS) is 38.1. The molecule has 28 heavy (non-hydrogen) atoms. The maximum atomic E-state index is 12.7. The topological polar surface area (TPSA) is 52.7 Å². The van der Waals surface area contributed by atoms with E-state index in [4.69, 9.17) is 0 Å². The number of amides is 2. The van der Waals surface area contributed by atoms with Crippen molar-refractivity contribution in [1.29, 1.82) is 0 Å². The highest BCUT2D eigenvalue weighted by atomic mass is 16.2. The third-order valence-electron chi connectivity index (χ3n) is 8.65. The van der Waals surface area contributed by atoms with Gasteiger partial charge in [-0.25, -0.2) is 0 Å². The average Bonchev–Trinajstić information content (AvgIpc) is 3.19. The highest BCUT2D eigenvalue weighted by Gasteiger charge is 2.51. The Kier molecular flexibility index (Phi) is 5.14. The molecule has 1 N–H and O–H groups in total. The fourth-order valence-corrected chi connectivity index (χ4v) is 7.80. The molecule has 5 nitrogen and oxygen atoms in total. The predicted octanol–water partition coefficient (Wildman–Crippen LogP) is 2.80. The summed E-state index contributed by atoms with van der Waals surface area (Å²) in [5.74, 6) is 2.83. The lowest BCUT2D eigenvalue weighted by Crippen LogP contribution is -2.53. The zero-order chi connectivity index (χ0) is 19.1.